The van der Waals surface area contributed by atoms with Crippen LogP contribution in [0.25, 0.3) is 0 Å². The van der Waals surface area contributed by atoms with Gasteiger partial charge in [0.05, 0.1) is 5.41 Å². The molecule has 0 bridgehead atoms. The number of benzene rings is 1. The van der Waals surface area contributed by atoms with Crippen LogP contribution in [0.15, 0.2) is 40.9 Å². The zero-order chi connectivity index (χ0) is 10.9. The molecule has 1 aromatic carbocycles. The van der Waals surface area contributed by atoms with E-state index in [4.69, 9.17) is 9.84 Å². The van der Waals surface area contributed by atoms with Gasteiger partial charge in [-0.3, -0.25) is 0 Å². The average molecular weight is 225 g/mol. The third-order valence-electron chi connectivity index (χ3n) is 1.71. The van der Waals surface area contributed by atoms with Gasteiger partial charge in [0.2, 0.25) is 0 Å². The third kappa shape index (κ3) is 1.99. The fraction of sp³-hybridized carbons (Fsp3) is 0. The van der Waals surface area contributed by atoms with Crippen molar-refractivity contribution in [3.63, 3.8) is 0 Å². The molecule has 0 spiro atoms. The number of hydrogen-bond acceptors (Lipinski definition) is 5. The van der Waals surface area contributed by atoms with E-state index in [0.29, 0.717) is 5.75 Å². The summed E-state index contributed by atoms with van der Waals surface area (Å²) in [5, 5.41) is 9.61. The van der Waals surface area contributed by atoms with Crippen LogP contribution in [0.2, 0.25) is 0 Å². The second-order valence-electron chi connectivity index (χ2n) is 2.82. The van der Waals surface area contributed by atoms with E-state index in [2.05, 4.69) is 4.99 Å². The van der Waals surface area contributed by atoms with Crippen LogP contribution < -0.4 is 4.74 Å². The molecule has 2 rings (SSSR count). The molecule has 0 unspecified atom stereocenters. The number of rotatable bonds is 1. The first-order valence-electron chi connectivity index (χ1n) is 4.04. The Hall–Kier alpha value is -1.82. The molecule has 0 saturated carbocycles. The number of ether oxygens (including phenoxy) is 1. The molecule has 1 aromatic rings. The van der Waals surface area contributed by atoms with Gasteiger partial charge in [-0.1, -0.05) is 0 Å². The summed E-state index contributed by atoms with van der Waals surface area (Å²) in [4.78, 5) is 3.57. The van der Waals surface area contributed by atoms with E-state index in [-0.39, 0.29) is 11.0 Å². The predicted octanol–water partition coefficient (Wildman–Crippen LogP) is 1.03. The zero-order valence-electron chi connectivity index (χ0n) is 7.49. The number of aromatic hydroxyl groups is 1. The van der Waals surface area contributed by atoms with Gasteiger partial charge in [-0.05, 0) is 24.3 Å². The van der Waals surface area contributed by atoms with Gasteiger partial charge < -0.3 is 9.84 Å². The van der Waals surface area contributed by atoms with Gasteiger partial charge in [-0.15, -0.1) is 0 Å². The van der Waals surface area contributed by atoms with Crippen molar-refractivity contribution < 1.29 is 18.3 Å². The number of aliphatic imine (C=N–C) groups is 1. The minimum absolute atomic E-state index is 0.0803. The average Bonchev–Trinajstić information content (AvgIpc) is 2.50. The molecule has 5 nitrogen and oxygen atoms in total. The Labute approximate surface area is 86.3 Å². The molecule has 0 saturated heterocycles. The summed E-state index contributed by atoms with van der Waals surface area (Å²) in [6, 6.07) is 5.69. The van der Waals surface area contributed by atoms with E-state index in [1.54, 1.807) is 0 Å². The SMILES string of the molecule is O=S1(=O)C=CN=C1Oc1ccc(O)cc1. The molecule has 0 aliphatic carbocycles. The maximum atomic E-state index is 11.2. The van der Waals surface area contributed by atoms with E-state index >= 15 is 0 Å². The lowest BCUT2D eigenvalue weighted by Crippen LogP contribution is -2.15. The molecule has 0 aromatic heterocycles. The molecule has 1 heterocycles. The maximum absolute atomic E-state index is 11.2. The lowest BCUT2D eigenvalue weighted by molar-refractivity contribution is 0.473. The molecule has 0 amide bonds. The largest absolute Gasteiger partial charge is 0.508 e. The topological polar surface area (TPSA) is 76.0 Å². The standard InChI is InChI=1S/C9H7NO4S/c11-7-1-3-8(4-2-7)14-9-10-5-6-15(9,12)13/h1-6,11H. The summed E-state index contributed by atoms with van der Waals surface area (Å²) in [6.45, 7) is 0. The Balaban J connectivity index is 2.21. The molecule has 78 valence electrons. The lowest BCUT2D eigenvalue weighted by Gasteiger charge is -2.03. The number of sulfone groups is 1. The van der Waals surface area contributed by atoms with Crippen molar-refractivity contribution in [2.75, 3.05) is 0 Å². The number of phenolic OH excluding ortho intramolecular Hbond substituents is 1. The van der Waals surface area contributed by atoms with Crippen LogP contribution in [0.1, 0.15) is 0 Å². The summed E-state index contributed by atoms with van der Waals surface area (Å²) < 4.78 is 27.5. The highest BCUT2D eigenvalue weighted by atomic mass is 32.2. The second-order valence-corrected chi connectivity index (χ2v) is 4.53. The molecule has 0 atom stereocenters. The summed E-state index contributed by atoms with van der Waals surface area (Å²) in [7, 11) is -3.51. The molecule has 0 radical (unpaired) electrons. The van der Waals surface area contributed by atoms with Crippen molar-refractivity contribution in [3.8, 4) is 11.5 Å². The first-order chi connectivity index (χ1) is 7.08. The highest BCUT2D eigenvalue weighted by molar-refractivity contribution is 8.08. The Morgan fingerprint density at radius 3 is 2.40 bits per heavy atom. The quantitative estimate of drug-likeness (QED) is 0.774. The summed E-state index contributed by atoms with van der Waals surface area (Å²) >= 11 is 0. The molecule has 6 heteroatoms. The van der Waals surface area contributed by atoms with Gasteiger partial charge in [0.25, 0.3) is 9.84 Å². The molecular formula is C9H7NO4S. The van der Waals surface area contributed by atoms with Gasteiger partial charge in [-0.25, -0.2) is 13.4 Å². The van der Waals surface area contributed by atoms with Crippen molar-refractivity contribution in [1.29, 1.82) is 0 Å². The summed E-state index contributed by atoms with van der Waals surface area (Å²) in [5.41, 5.74) is 0. The smallest absolute Gasteiger partial charge is 0.319 e. The van der Waals surface area contributed by atoms with Crippen LogP contribution in [0, 0.1) is 0 Å². The lowest BCUT2D eigenvalue weighted by atomic mass is 10.3. The first kappa shape index (κ1) is 9.72. The maximum Gasteiger partial charge on any atom is 0.319 e. The van der Waals surface area contributed by atoms with Crippen LogP contribution in [-0.4, -0.2) is 18.8 Å². The molecule has 15 heavy (non-hydrogen) atoms. The summed E-state index contributed by atoms with van der Waals surface area (Å²) in [6.07, 6.45) is 1.16. The van der Waals surface area contributed by atoms with Gasteiger partial charge in [0.15, 0.2) is 0 Å². The van der Waals surface area contributed by atoms with E-state index in [1.165, 1.54) is 24.3 Å². The van der Waals surface area contributed by atoms with Gasteiger partial charge in [0.1, 0.15) is 11.5 Å². The van der Waals surface area contributed by atoms with Crippen molar-refractivity contribution >= 4 is 15.1 Å². The van der Waals surface area contributed by atoms with Gasteiger partial charge in [-0.2, -0.15) is 0 Å². The minimum atomic E-state index is -3.51. The van der Waals surface area contributed by atoms with Crippen molar-refractivity contribution in [2.24, 2.45) is 4.99 Å². The van der Waals surface area contributed by atoms with Crippen molar-refractivity contribution in [3.05, 3.63) is 35.9 Å². The molecule has 1 aliphatic rings. The fourth-order valence-electron chi connectivity index (χ4n) is 1.00. The van der Waals surface area contributed by atoms with Crippen LogP contribution in [0.3, 0.4) is 0 Å². The highest BCUT2D eigenvalue weighted by Gasteiger charge is 2.22. The van der Waals surface area contributed by atoms with Crippen LogP contribution in [0.5, 0.6) is 11.5 Å². The van der Waals surface area contributed by atoms with Crippen LogP contribution in [0.4, 0.5) is 0 Å². The monoisotopic (exact) mass is 225 g/mol. The van der Waals surface area contributed by atoms with E-state index < -0.39 is 9.84 Å². The van der Waals surface area contributed by atoms with Crippen LogP contribution in [-0.2, 0) is 9.84 Å². The van der Waals surface area contributed by atoms with E-state index in [9.17, 15) is 8.42 Å². The third-order valence-corrected chi connectivity index (χ3v) is 2.86. The Morgan fingerprint density at radius 1 is 1.20 bits per heavy atom. The number of hydrogen-bond donors (Lipinski definition) is 1. The molecule has 1 N–H and O–H groups in total. The van der Waals surface area contributed by atoms with E-state index in [1.807, 2.05) is 0 Å². The Bertz CT molecular complexity index is 528. The van der Waals surface area contributed by atoms with Crippen molar-refractivity contribution in [1.82, 2.24) is 0 Å². The van der Waals surface area contributed by atoms with Gasteiger partial charge >= 0.3 is 5.23 Å². The van der Waals surface area contributed by atoms with E-state index in [0.717, 1.165) is 11.6 Å². The van der Waals surface area contributed by atoms with Gasteiger partial charge in [0, 0.05) is 6.20 Å². The Morgan fingerprint density at radius 2 is 1.87 bits per heavy atom. The number of nitrogens with zero attached hydrogens (tertiary/aromatic N) is 1. The zero-order valence-corrected chi connectivity index (χ0v) is 8.31. The Kier molecular flexibility index (Phi) is 2.20. The fourth-order valence-corrected chi connectivity index (χ4v) is 1.76. The number of phenols is 1. The highest BCUT2D eigenvalue weighted by Crippen LogP contribution is 2.18. The predicted molar refractivity (Wildman–Crippen MR) is 54.2 cm³/mol. The first-order valence-corrected chi connectivity index (χ1v) is 5.59. The molecular weight excluding hydrogens is 218 g/mol. The van der Waals surface area contributed by atoms with Crippen molar-refractivity contribution in [2.45, 2.75) is 0 Å². The summed E-state index contributed by atoms with van der Waals surface area (Å²) in [5.74, 6) is 0.385. The second kappa shape index (κ2) is 3.39. The molecule has 0 fully saturated rings. The van der Waals surface area contributed by atoms with Crippen LogP contribution >= 0.6 is 0 Å². The minimum Gasteiger partial charge on any atom is -0.508 e. The normalized spacial score (nSPS) is 17.5. The molecule has 1 aliphatic heterocycles.